The van der Waals surface area contributed by atoms with E-state index in [0.29, 0.717) is 6.54 Å². The fourth-order valence-corrected chi connectivity index (χ4v) is 1.80. The molecule has 0 aliphatic rings. The predicted molar refractivity (Wildman–Crippen MR) is 72.4 cm³/mol. The molecule has 0 aromatic heterocycles. The number of carbonyl (C=O) groups is 2. The number of hydrogen-bond donors (Lipinski definition) is 1. The van der Waals surface area contributed by atoms with Gasteiger partial charge < -0.3 is 10.1 Å². The molecule has 1 N–H and O–H groups in total. The molecule has 0 saturated carbocycles. The van der Waals surface area contributed by atoms with Crippen molar-refractivity contribution in [3.05, 3.63) is 48.0 Å². The molecule has 4 nitrogen and oxygen atoms in total. The van der Waals surface area contributed by atoms with Gasteiger partial charge in [-0.05, 0) is 29.3 Å². The summed E-state index contributed by atoms with van der Waals surface area (Å²) < 4.78 is 4.61. The molecule has 1 amide bonds. The standard InChI is InChI=1S/C15H15NO3/c1-2-19-15(18)14(17)16-10-11-7-8-12-5-3-4-6-13(12)9-11/h3-9H,2,10H2,1H3,(H,16,17). The van der Waals surface area contributed by atoms with Gasteiger partial charge in [-0.25, -0.2) is 4.79 Å². The van der Waals surface area contributed by atoms with E-state index >= 15 is 0 Å². The van der Waals surface area contributed by atoms with Gasteiger partial charge in [0, 0.05) is 6.54 Å². The number of esters is 1. The first-order valence-electron chi connectivity index (χ1n) is 6.13. The van der Waals surface area contributed by atoms with Gasteiger partial charge in [0.15, 0.2) is 0 Å². The fraction of sp³-hybridized carbons (Fsp3) is 0.200. The van der Waals surface area contributed by atoms with Crippen molar-refractivity contribution in [2.75, 3.05) is 6.61 Å². The lowest BCUT2D eigenvalue weighted by Crippen LogP contribution is -2.32. The summed E-state index contributed by atoms with van der Waals surface area (Å²) >= 11 is 0. The summed E-state index contributed by atoms with van der Waals surface area (Å²) in [6.07, 6.45) is 0. The number of benzene rings is 2. The Balaban J connectivity index is 2.02. The zero-order chi connectivity index (χ0) is 13.7. The molecule has 0 radical (unpaired) electrons. The van der Waals surface area contributed by atoms with Crippen molar-refractivity contribution in [1.82, 2.24) is 5.32 Å². The third kappa shape index (κ3) is 3.31. The van der Waals surface area contributed by atoms with E-state index in [1.165, 1.54) is 0 Å². The van der Waals surface area contributed by atoms with Gasteiger partial charge >= 0.3 is 11.9 Å². The van der Waals surface area contributed by atoms with Crippen LogP contribution < -0.4 is 5.32 Å². The number of nitrogens with one attached hydrogen (secondary N) is 1. The smallest absolute Gasteiger partial charge is 0.396 e. The van der Waals surface area contributed by atoms with Crippen LogP contribution in [0.2, 0.25) is 0 Å². The first-order valence-corrected chi connectivity index (χ1v) is 6.13. The molecule has 2 aromatic carbocycles. The topological polar surface area (TPSA) is 55.4 Å². The minimum atomic E-state index is -0.844. The average Bonchev–Trinajstić information content (AvgIpc) is 2.44. The van der Waals surface area contributed by atoms with E-state index in [9.17, 15) is 9.59 Å². The highest BCUT2D eigenvalue weighted by Crippen LogP contribution is 2.15. The SMILES string of the molecule is CCOC(=O)C(=O)NCc1ccc2ccccc2c1. The molecule has 0 bridgehead atoms. The zero-order valence-electron chi connectivity index (χ0n) is 10.7. The summed E-state index contributed by atoms with van der Waals surface area (Å²) in [5.41, 5.74) is 0.941. The number of ether oxygens (including phenoxy) is 1. The second kappa shape index (κ2) is 6.00. The van der Waals surface area contributed by atoms with E-state index in [4.69, 9.17) is 0 Å². The predicted octanol–water partition coefficient (Wildman–Crippen LogP) is 2.02. The van der Waals surface area contributed by atoms with E-state index in [0.717, 1.165) is 16.3 Å². The average molecular weight is 257 g/mol. The summed E-state index contributed by atoms with van der Waals surface area (Å²) in [4.78, 5) is 22.5. The molecule has 19 heavy (non-hydrogen) atoms. The van der Waals surface area contributed by atoms with Gasteiger partial charge in [0.25, 0.3) is 0 Å². The molecule has 0 unspecified atom stereocenters. The van der Waals surface area contributed by atoms with Crippen LogP contribution in [0.25, 0.3) is 10.8 Å². The minimum absolute atomic E-state index is 0.197. The number of carbonyl (C=O) groups excluding carboxylic acids is 2. The fourth-order valence-electron chi connectivity index (χ4n) is 1.80. The lowest BCUT2D eigenvalue weighted by Gasteiger charge is -2.06. The maximum Gasteiger partial charge on any atom is 0.396 e. The van der Waals surface area contributed by atoms with Crippen molar-refractivity contribution in [3.63, 3.8) is 0 Å². The van der Waals surface area contributed by atoms with Gasteiger partial charge in [-0.2, -0.15) is 0 Å². The Labute approximate surface area is 111 Å². The van der Waals surface area contributed by atoms with Crippen molar-refractivity contribution < 1.29 is 14.3 Å². The zero-order valence-corrected chi connectivity index (χ0v) is 10.7. The van der Waals surface area contributed by atoms with Crippen molar-refractivity contribution in [3.8, 4) is 0 Å². The highest BCUT2D eigenvalue weighted by molar-refractivity contribution is 6.32. The maximum atomic E-state index is 11.4. The van der Waals surface area contributed by atoms with Crippen molar-refractivity contribution >= 4 is 22.6 Å². The van der Waals surface area contributed by atoms with Crippen LogP contribution in [0.1, 0.15) is 12.5 Å². The summed E-state index contributed by atoms with van der Waals surface area (Å²) in [7, 11) is 0. The van der Waals surface area contributed by atoms with E-state index in [1.54, 1.807) is 6.92 Å². The van der Waals surface area contributed by atoms with Crippen LogP contribution in [-0.4, -0.2) is 18.5 Å². The normalized spacial score (nSPS) is 10.2. The first kappa shape index (κ1) is 13.1. The van der Waals surface area contributed by atoms with Crippen LogP contribution in [0.5, 0.6) is 0 Å². The van der Waals surface area contributed by atoms with Crippen molar-refractivity contribution in [2.24, 2.45) is 0 Å². The number of amides is 1. The Kier molecular flexibility index (Phi) is 4.13. The first-order chi connectivity index (χ1) is 9.20. The molecule has 98 valence electrons. The minimum Gasteiger partial charge on any atom is -0.459 e. The molecule has 0 fully saturated rings. The van der Waals surface area contributed by atoms with Gasteiger partial charge in [0.2, 0.25) is 0 Å². The molecule has 0 aliphatic heterocycles. The van der Waals surface area contributed by atoms with Crippen molar-refractivity contribution in [2.45, 2.75) is 13.5 Å². The summed E-state index contributed by atoms with van der Waals surface area (Å²) in [6.45, 7) is 2.17. The van der Waals surface area contributed by atoms with Crippen LogP contribution >= 0.6 is 0 Å². The molecule has 4 heteroatoms. The maximum absolute atomic E-state index is 11.4. The summed E-state index contributed by atoms with van der Waals surface area (Å²) in [5.74, 6) is -1.56. The van der Waals surface area contributed by atoms with Gasteiger partial charge in [0.05, 0.1) is 6.61 Å². The van der Waals surface area contributed by atoms with Gasteiger partial charge in [-0.15, -0.1) is 0 Å². The number of hydrogen-bond acceptors (Lipinski definition) is 3. The van der Waals surface area contributed by atoms with Crippen LogP contribution in [0.15, 0.2) is 42.5 Å². The molecular formula is C15H15NO3. The van der Waals surface area contributed by atoms with E-state index in [2.05, 4.69) is 10.1 Å². The third-order valence-corrected chi connectivity index (χ3v) is 2.73. The molecule has 0 saturated heterocycles. The van der Waals surface area contributed by atoms with Crippen LogP contribution in [0.3, 0.4) is 0 Å². The molecule has 2 rings (SSSR count). The summed E-state index contributed by atoms with van der Waals surface area (Å²) in [5, 5.41) is 4.78. The van der Waals surface area contributed by atoms with Crippen LogP contribution in [-0.2, 0) is 20.9 Å². The second-order valence-corrected chi connectivity index (χ2v) is 4.08. The highest BCUT2D eigenvalue weighted by atomic mass is 16.5. The molecule has 0 spiro atoms. The van der Waals surface area contributed by atoms with Gasteiger partial charge in [0.1, 0.15) is 0 Å². The van der Waals surface area contributed by atoms with Gasteiger partial charge in [-0.3, -0.25) is 4.79 Å². The third-order valence-electron chi connectivity index (χ3n) is 2.73. The number of fused-ring (bicyclic) bond motifs is 1. The van der Waals surface area contributed by atoms with Crippen molar-refractivity contribution in [1.29, 1.82) is 0 Å². The van der Waals surface area contributed by atoms with Gasteiger partial charge in [-0.1, -0.05) is 36.4 Å². The molecule has 2 aromatic rings. The Morgan fingerprint density at radius 1 is 1.11 bits per heavy atom. The monoisotopic (exact) mass is 257 g/mol. The van der Waals surface area contributed by atoms with E-state index in [1.807, 2.05) is 42.5 Å². The Hall–Kier alpha value is -2.36. The largest absolute Gasteiger partial charge is 0.459 e. The lowest BCUT2D eigenvalue weighted by atomic mass is 10.1. The van der Waals surface area contributed by atoms with Crippen LogP contribution in [0, 0.1) is 0 Å². The molecule has 0 heterocycles. The molecular weight excluding hydrogens is 242 g/mol. The second-order valence-electron chi connectivity index (χ2n) is 4.08. The molecule has 0 aliphatic carbocycles. The quantitative estimate of drug-likeness (QED) is 0.676. The van der Waals surface area contributed by atoms with E-state index in [-0.39, 0.29) is 6.61 Å². The summed E-state index contributed by atoms with van der Waals surface area (Å²) in [6, 6.07) is 13.9. The Morgan fingerprint density at radius 2 is 1.84 bits per heavy atom. The lowest BCUT2D eigenvalue weighted by molar-refractivity contribution is -0.154. The van der Waals surface area contributed by atoms with E-state index < -0.39 is 11.9 Å². The number of rotatable bonds is 3. The highest BCUT2D eigenvalue weighted by Gasteiger charge is 2.13. The Morgan fingerprint density at radius 3 is 2.58 bits per heavy atom. The van der Waals surface area contributed by atoms with Crippen LogP contribution in [0.4, 0.5) is 0 Å². The Bertz CT molecular complexity index is 607. The molecule has 0 atom stereocenters.